The molecule has 1 fully saturated rings. The summed E-state index contributed by atoms with van der Waals surface area (Å²) in [6.45, 7) is 4.92. The van der Waals surface area contributed by atoms with E-state index in [0.717, 1.165) is 0 Å². The highest BCUT2D eigenvalue weighted by Gasteiger charge is 2.41. The van der Waals surface area contributed by atoms with Crippen molar-refractivity contribution in [2.75, 3.05) is 11.9 Å². The molecule has 140 valence electrons. The molecule has 0 bridgehead atoms. The monoisotopic (exact) mass is 381 g/mol. The van der Waals surface area contributed by atoms with Crippen molar-refractivity contribution >= 4 is 21.6 Å². The maximum Gasteiger partial charge on any atom is 0.249 e. The molecule has 0 radical (unpaired) electrons. The Balaban J connectivity index is 1.85. The molecular formula is C17H20FN3O4S. The zero-order chi connectivity index (χ0) is 19.1. The SMILES string of the molecule is Cc1ccc(NC(=O)[C@@H]2CCCN2S(=O)(=O)c2c(C)noc2C)cc1F. The Labute approximate surface area is 151 Å². The summed E-state index contributed by atoms with van der Waals surface area (Å²) in [7, 11) is -3.92. The fourth-order valence-corrected chi connectivity index (χ4v) is 5.10. The van der Waals surface area contributed by atoms with Crippen molar-refractivity contribution < 1.29 is 22.1 Å². The lowest BCUT2D eigenvalue weighted by Gasteiger charge is -2.23. The summed E-state index contributed by atoms with van der Waals surface area (Å²) in [6, 6.07) is 3.49. The van der Waals surface area contributed by atoms with Crippen LogP contribution in [0.1, 0.15) is 29.9 Å². The predicted molar refractivity (Wildman–Crippen MR) is 92.7 cm³/mol. The van der Waals surface area contributed by atoms with Crippen LogP contribution in [0.5, 0.6) is 0 Å². The first-order valence-corrected chi connectivity index (χ1v) is 9.67. The van der Waals surface area contributed by atoms with E-state index in [1.54, 1.807) is 26.0 Å². The van der Waals surface area contributed by atoms with Crippen molar-refractivity contribution in [3.63, 3.8) is 0 Å². The van der Waals surface area contributed by atoms with Gasteiger partial charge in [0, 0.05) is 12.2 Å². The summed E-state index contributed by atoms with van der Waals surface area (Å²) in [6.07, 6.45) is 0.950. The Bertz CT molecular complexity index is 935. The molecule has 2 aromatic rings. The number of benzene rings is 1. The fourth-order valence-electron chi connectivity index (χ4n) is 3.15. The Morgan fingerprint density at radius 3 is 2.69 bits per heavy atom. The van der Waals surface area contributed by atoms with E-state index >= 15 is 0 Å². The van der Waals surface area contributed by atoms with Gasteiger partial charge in [-0.1, -0.05) is 11.2 Å². The molecule has 3 rings (SSSR count). The van der Waals surface area contributed by atoms with E-state index < -0.39 is 27.8 Å². The van der Waals surface area contributed by atoms with Crippen LogP contribution in [0.2, 0.25) is 0 Å². The third-order valence-electron chi connectivity index (χ3n) is 4.48. The molecule has 1 aromatic heterocycles. The van der Waals surface area contributed by atoms with Gasteiger partial charge in [0.15, 0.2) is 5.76 Å². The number of carbonyl (C=O) groups is 1. The van der Waals surface area contributed by atoms with Gasteiger partial charge in [0.05, 0.1) is 0 Å². The third kappa shape index (κ3) is 3.24. The molecule has 0 spiro atoms. The standard InChI is InChI=1S/C17H20FN3O4S/c1-10-6-7-13(9-14(10)18)19-17(22)15-5-4-8-21(15)26(23,24)16-11(2)20-25-12(16)3/h6-7,9,15H,4-5,8H2,1-3H3,(H,19,22)/t15-/m0/s1. The second-order valence-electron chi connectivity index (χ2n) is 6.38. The molecule has 1 atom stereocenters. The summed E-state index contributed by atoms with van der Waals surface area (Å²) in [4.78, 5) is 12.6. The molecule has 0 unspecified atom stereocenters. The molecule has 26 heavy (non-hydrogen) atoms. The minimum atomic E-state index is -3.92. The van der Waals surface area contributed by atoms with Crippen LogP contribution >= 0.6 is 0 Å². The molecule has 1 amide bonds. The smallest absolute Gasteiger partial charge is 0.249 e. The van der Waals surface area contributed by atoms with E-state index in [-0.39, 0.29) is 22.9 Å². The van der Waals surface area contributed by atoms with Gasteiger partial charge in [-0.2, -0.15) is 4.31 Å². The number of aromatic nitrogens is 1. The largest absolute Gasteiger partial charge is 0.360 e. The van der Waals surface area contributed by atoms with Crippen LogP contribution < -0.4 is 5.32 Å². The van der Waals surface area contributed by atoms with E-state index in [1.807, 2.05) is 0 Å². The van der Waals surface area contributed by atoms with Crippen molar-refractivity contribution in [1.82, 2.24) is 9.46 Å². The summed E-state index contributed by atoms with van der Waals surface area (Å²) >= 11 is 0. The normalized spacial score (nSPS) is 18.2. The average molecular weight is 381 g/mol. The van der Waals surface area contributed by atoms with Crippen LogP contribution in [-0.2, 0) is 14.8 Å². The van der Waals surface area contributed by atoms with Gasteiger partial charge in [-0.3, -0.25) is 4.79 Å². The third-order valence-corrected chi connectivity index (χ3v) is 6.63. The van der Waals surface area contributed by atoms with Gasteiger partial charge >= 0.3 is 0 Å². The van der Waals surface area contributed by atoms with E-state index in [2.05, 4.69) is 10.5 Å². The lowest BCUT2D eigenvalue weighted by atomic mass is 10.2. The fraction of sp³-hybridized carbons (Fsp3) is 0.412. The maximum atomic E-state index is 13.7. The van der Waals surface area contributed by atoms with Crippen LogP contribution in [-0.4, -0.2) is 36.4 Å². The van der Waals surface area contributed by atoms with Crippen LogP contribution in [0, 0.1) is 26.6 Å². The first kappa shape index (κ1) is 18.5. The number of hydrogen-bond donors (Lipinski definition) is 1. The van der Waals surface area contributed by atoms with Crippen LogP contribution in [0.3, 0.4) is 0 Å². The molecule has 0 saturated carbocycles. The van der Waals surface area contributed by atoms with Crippen LogP contribution in [0.25, 0.3) is 0 Å². The lowest BCUT2D eigenvalue weighted by molar-refractivity contribution is -0.119. The average Bonchev–Trinajstić information content (AvgIpc) is 3.18. The predicted octanol–water partition coefficient (Wildman–Crippen LogP) is 2.53. The van der Waals surface area contributed by atoms with Gasteiger partial charge in [0.2, 0.25) is 15.9 Å². The lowest BCUT2D eigenvalue weighted by Crippen LogP contribution is -2.43. The quantitative estimate of drug-likeness (QED) is 0.879. The summed E-state index contributed by atoms with van der Waals surface area (Å²) in [5.74, 6) is -0.732. The first-order chi connectivity index (χ1) is 12.2. The van der Waals surface area contributed by atoms with E-state index in [4.69, 9.17) is 4.52 Å². The second kappa shape index (κ2) is 6.81. The molecule has 9 heteroatoms. The van der Waals surface area contributed by atoms with E-state index in [0.29, 0.717) is 24.1 Å². The number of amides is 1. The second-order valence-corrected chi connectivity index (χ2v) is 8.21. The van der Waals surface area contributed by atoms with Crippen LogP contribution in [0.4, 0.5) is 10.1 Å². The van der Waals surface area contributed by atoms with Gasteiger partial charge in [0.1, 0.15) is 22.4 Å². The van der Waals surface area contributed by atoms with Crippen molar-refractivity contribution in [3.8, 4) is 0 Å². The molecule has 0 aliphatic carbocycles. The van der Waals surface area contributed by atoms with Gasteiger partial charge in [-0.05, 0) is 51.3 Å². The first-order valence-electron chi connectivity index (χ1n) is 8.23. The van der Waals surface area contributed by atoms with Gasteiger partial charge < -0.3 is 9.84 Å². The van der Waals surface area contributed by atoms with Crippen molar-refractivity contribution in [2.24, 2.45) is 0 Å². The highest BCUT2D eigenvalue weighted by Crippen LogP contribution is 2.30. The zero-order valence-corrected chi connectivity index (χ0v) is 15.6. The Morgan fingerprint density at radius 1 is 1.35 bits per heavy atom. The Kier molecular flexibility index (Phi) is 4.85. The molecular weight excluding hydrogens is 361 g/mol. The summed E-state index contributed by atoms with van der Waals surface area (Å²) < 4.78 is 45.8. The summed E-state index contributed by atoms with van der Waals surface area (Å²) in [5, 5.41) is 6.29. The number of hydrogen-bond acceptors (Lipinski definition) is 5. The number of anilines is 1. The number of rotatable bonds is 4. The highest BCUT2D eigenvalue weighted by molar-refractivity contribution is 7.89. The molecule has 1 aromatic carbocycles. The maximum absolute atomic E-state index is 13.7. The Hall–Kier alpha value is -2.26. The zero-order valence-electron chi connectivity index (χ0n) is 14.7. The number of sulfonamides is 1. The Morgan fingerprint density at radius 2 is 2.08 bits per heavy atom. The minimum absolute atomic E-state index is 0.00131. The van der Waals surface area contributed by atoms with E-state index in [1.165, 1.54) is 17.3 Å². The minimum Gasteiger partial charge on any atom is -0.360 e. The van der Waals surface area contributed by atoms with Crippen LogP contribution in [0.15, 0.2) is 27.6 Å². The van der Waals surface area contributed by atoms with Gasteiger partial charge in [-0.15, -0.1) is 0 Å². The number of halogens is 1. The molecule has 2 heterocycles. The van der Waals surface area contributed by atoms with E-state index in [9.17, 15) is 17.6 Å². The van der Waals surface area contributed by atoms with Crippen molar-refractivity contribution in [3.05, 3.63) is 41.0 Å². The van der Waals surface area contributed by atoms with Gasteiger partial charge in [-0.25, -0.2) is 12.8 Å². The molecule has 7 nitrogen and oxygen atoms in total. The molecule has 1 saturated heterocycles. The summed E-state index contributed by atoms with van der Waals surface area (Å²) in [5.41, 5.74) is 1.01. The van der Waals surface area contributed by atoms with Gasteiger partial charge in [0.25, 0.3) is 0 Å². The molecule has 1 N–H and O–H groups in total. The van der Waals surface area contributed by atoms with Crippen molar-refractivity contribution in [2.45, 2.75) is 44.6 Å². The van der Waals surface area contributed by atoms with Crippen molar-refractivity contribution in [1.29, 1.82) is 0 Å². The number of nitrogens with one attached hydrogen (secondary N) is 1. The topological polar surface area (TPSA) is 92.5 Å². The molecule has 1 aliphatic heterocycles. The molecule has 1 aliphatic rings. The highest BCUT2D eigenvalue weighted by atomic mass is 32.2. The number of carbonyl (C=O) groups excluding carboxylic acids is 1. The number of aryl methyl sites for hydroxylation is 3. The number of nitrogens with zero attached hydrogens (tertiary/aromatic N) is 2.